The number of nitrogens with one attached hydrogen (secondary N) is 3. The first-order valence-electron chi connectivity index (χ1n) is 18.4. The van der Waals surface area contributed by atoms with Crippen LogP contribution in [0.15, 0.2) is 51.2 Å². The maximum atomic E-state index is 13.1. The Morgan fingerprint density at radius 1 is 0.593 bits per heavy atom. The summed E-state index contributed by atoms with van der Waals surface area (Å²) in [6, 6.07) is 3.10. The van der Waals surface area contributed by atoms with E-state index in [0.717, 1.165) is 18.2 Å². The Bertz CT molecular complexity index is 1860. The van der Waals surface area contributed by atoms with Crippen LogP contribution in [0.4, 0.5) is 0 Å². The van der Waals surface area contributed by atoms with E-state index in [1.165, 1.54) is 53.6 Å². The van der Waals surface area contributed by atoms with Gasteiger partial charge in [-0.15, -0.1) is 0 Å². The van der Waals surface area contributed by atoms with Gasteiger partial charge in [-0.3, -0.25) is 38.9 Å². The Morgan fingerprint density at radius 3 is 1.10 bits per heavy atom. The van der Waals surface area contributed by atoms with Crippen LogP contribution in [0.5, 0.6) is 17.2 Å². The molecule has 0 aliphatic rings. The largest absolute Gasteiger partial charge is 0.868 e. The van der Waals surface area contributed by atoms with Crippen LogP contribution in [-0.2, 0) is 33.8 Å². The smallest absolute Gasteiger partial charge is 0.267 e. The normalized spacial score (nSPS) is 11.1. The van der Waals surface area contributed by atoms with Gasteiger partial charge in [0, 0.05) is 157 Å². The molecule has 0 atom stereocenters. The van der Waals surface area contributed by atoms with Crippen LogP contribution in [0, 0.1) is 45.7 Å². The number of aromatic nitrogens is 3. The number of hydrogen-bond donors (Lipinski definition) is 3. The van der Waals surface area contributed by atoms with Crippen molar-refractivity contribution >= 4 is 17.7 Å². The molecule has 21 nitrogen and oxygen atoms in total. The summed E-state index contributed by atoms with van der Waals surface area (Å²) in [5.74, 6) is -5.65. The SMILES string of the molecule is COCCn1ccc(=O)c([O-])c1C(=O)NCCCC(CCCNC(=O)c1c([O-])c(=O)ccn1CCOC)(CCCNC(=O)c1c([O-])c(=O)ccn1CCOC)[N+](=O)[O-].[La]. The van der Waals surface area contributed by atoms with E-state index in [9.17, 15) is 54.2 Å². The third-order valence-corrected chi connectivity index (χ3v) is 9.35. The average molecular weight is 954 g/mol. The molecule has 3 aromatic heterocycles. The fourth-order valence-electron chi connectivity index (χ4n) is 6.25. The van der Waals surface area contributed by atoms with Crippen LogP contribution >= 0.6 is 0 Å². The third kappa shape index (κ3) is 13.9. The van der Waals surface area contributed by atoms with Gasteiger partial charge in [0.2, 0.25) is 5.54 Å². The molecule has 0 aliphatic carbocycles. The summed E-state index contributed by atoms with van der Waals surface area (Å²) in [5, 5.41) is 58.2. The number of nitro groups is 1. The monoisotopic (exact) mass is 953 g/mol. The Labute approximate surface area is 366 Å². The van der Waals surface area contributed by atoms with E-state index < -0.39 is 78.8 Å². The zero-order valence-corrected chi connectivity index (χ0v) is 36.8. The van der Waals surface area contributed by atoms with Crippen LogP contribution < -0.4 is 47.6 Å². The number of carbonyl (C=O) groups is 3. The van der Waals surface area contributed by atoms with Gasteiger partial charge in [0.05, 0.1) is 19.8 Å². The minimum absolute atomic E-state index is 0. The standard InChI is InChI=1S/C37H51N7O14.La/c1-56-22-19-41-16-7-25(45)31(48)28(41)34(51)38-13-4-10-37(44(54)55,11-5-14-39-35(52)29-32(49)26(46)8-17-42(29)20-23-57-2)12-6-15-40-36(53)30-33(50)27(47)9-18-43(30)21-24-58-3;/h7-9,16-18,48-50H,4-6,10-15,19-24H2,1-3H3,(H,38,51)(H,39,52)(H,40,53);/p-3. The minimum Gasteiger partial charge on any atom is -0.868 e. The van der Waals surface area contributed by atoms with Gasteiger partial charge < -0.3 is 59.2 Å². The molecular formula is C37H48LaN7O14-3. The number of pyridine rings is 3. The molecule has 321 valence electrons. The zero-order chi connectivity index (χ0) is 42.8. The molecule has 3 aromatic rings. The van der Waals surface area contributed by atoms with Gasteiger partial charge >= 0.3 is 0 Å². The van der Waals surface area contributed by atoms with Crippen LogP contribution in [0.25, 0.3) is 0 Å². The van der Waals surface area contributed by atoms with Crippen molar-refractivity contribution in [2.75, 3.05) is 60.8 Å². The van der Waals surface area contributed by atoms with E-state index >= 15 is 0 Å². The van der Waals surface area contributed by atoms with Crippen LogP contribution in [-0.4, -0.2) is 103 Å². The molecule has 59 heavy (non-hydrogen) atoms. The van der Waals surface area contributed by atoms with Gasteiger partial charge in [-0.2, -0.15) is 0 Å². The van der Waals surface area contributed by atoms with Crippen molar-refractivity contribution in [1.82, 2.24) is 29.7 Å². The molecule has 0 aromatic carbocycles. The third-order valence-electron chi connectivity index (χ3n) is 9.35. The van der Waals surface area contributed by atoms with Gasteiger partial charge in [0.15, 0.2) is 16.3 Å². The molecule has 3 amide bonds. The van der Waals surface area contributed by atoms with E-state index in [0.29, 0.717) is 0 Å². The summed E-state index contributed by atoms with van der Waals surface area (Å²) in [6.45, 7) is 0.332. The topological polar surface area (TPSA) is 293 Å². The van der Waals surface area contributed by atoms with E-state index in [4.69, 9.17) is 14.2 Å². The first-order chi connectivity index (χ1) is 27.7. The van der Waals surface area contributed by atoms with Crippen molar-refractivity contribution in [2.45, 2.75) is 63.7 Å². The molecule has 0 spiro atoms. The second-order valence-corrected chi connectivity index (χ2v) is 13.2. The number of hydrogen-bond acceptors (Lipinski definition) is 14. The molecule has 0 bridgehead atoms. The molecule has 3 heterocycles. The summed E-state index contributed by atoms with van der Waals surface area (Å²) < 4.78 is 18.9. The molecule has 0 unspecified atom stereocenters. The first-order valence-corrected chi connectivity index (χ1v) is 18.4. The molecule has 0 fully saturated rings. The summed E-state index contributed by atoms with van der Waals surface area (Å²) in [6.07, 6.45) is 3.56. The molecule has 0 aliphatic heterocycles. The van der Waals surface area contributed by atoms with E-state index in [2.05, 4.69) is 16.0 Å². The predicted molar refractivity (Wildman–Crippen MR) is 200 cm³/mol. The summed E-state index contributed by atoms with van der Waals surface area (Å²) in [4.78, 5) is 87.7. The summed E-state index contributed by atoms with van der Waals surface area (Å²) in [5.41, 5.74) is -5.62. The van der Waals surface area contributed by atoms with Gasteiger partial charge in [0.25, 0.3) is 17.7 Å². The fraction of sp³-hybridized carbons (Fsp3) is 0.514. The molecule has 1 radical (unpaired) electrons. The van der Waals surface area contributed by atoms with Crippen molar-refractivity contribution in [3.05, 3.63) is 94.7 Å². The predicted octanol–water partition coefficient (Wildman–Crippen LogP) is -1.72. The van der Waals surface area contributed by atoms with Crippen molar-refractivity contribution in [3.63, 3.8) is 0 Å². The van der Waals surface area contributed by atoms with E-state index in [1.807, 2.05) is 0 Å². The number of rotatable bonds is 25. The molecular weight excluding hydrogens is 905 g/mol. The Hall–Kier alpha value is -4.87. The van der Waals surface area contributed by atoms with E-state index in [-0.39, 0.29) is 133 Å². The Morgan fingerprint density at radius 2 is 0.864 bits per heavy atom. The molecule has 3 rings (SSSR count). The Kier molecular flexibility index (Phi) is 21.2. The molecule has 0 saturated carbocycles. The Balaban J connectivity index is 0.0000120. The number of methoxy groups -OCH3 is 3. The second-order valence-electron chi connectivity index (χ2n) is 13.2. The summed E-state index contributed by atoms with van der Waals surface area (Å²) >= 11 is 0. The van der Waals surface area contributed by atoms with Crippen molar-refractivity contribution in [2.24, 2.45) is 0 Å². The van der Waals surface area contributed by atoms with E-state index in [1.54, 1.807) is 0 Å². The molecule has 0 saturated heterocycles. The van der Waals surface area contributed by atoms with Crippen molar-refractivity contribution < 1.29 is 84.4 Å². The number of ether oxygens (including phenoxy) is 3. The number of nitrogens with zero attached hydrogens (tertiary/aromatic N) is 4. The maximum absolute atomic E-state index is 13.1. The zero-order valence-electron chi connectivity index (χ0n) is 33.2. The van der Waals surface area contributed by atoms with Gasteiger partial charge in [-0.25, -0.2) is 0 Å². The first kappa shape index (κ1) is 50.3. The maximum Gasteiger partial charge on any atom is 0.267 e. The van der Waals surface area contributed by atoms with Gasteiger partial charge in [-0.05, 0) is 36.5 Å². The number of carbonyl (C=O) groups excluding carboxylic acids is 3. The van der Waals surface area contributed by atoms with Crippen LogP contribution in [0.2, 0.25) is 0 Å². The second kappa shape index (κ2) is 24.9. The minimum atomic E-state index is -1.69. The van der Waals surface area contributed by atoms with Gasteiger partial charge in [0.1, 0.15) is 17.1 Å². The van der Waals surface area contributed by atoms with Crippen molar-refractivity contribution in [3.8, 4) is 17.2 Å². The van der Waals surface area contributed by atoms with Gasteiger partial charge in [-0.1, -0.05) is 0 Å². The molecule has 22 heteroatoms. The summed E-state index contributed by atoms with van der Waals surface area (Å²) in [7, 11) is 4.27. The quantitative estimate of drug-likeness (QED) is 0.0484. The average Bonchev–Trinajstić information content (AvgIpc) is 3.20. The van der Waals surface area contributed by atoms with Crippen molar-refractivity contribution in [1.29, 1.82) is 0 Å². The molecule has 3 N–H and O–H groups in total. The van der Waals surface area contributed by atoms with Crippen LogP contribution in [0.1, 0.15) is 70.0 Å². The number of amides is 3. The fourth-order valence-corrected chi connectivity index (χ4v) is 6.25. The van der Waals surface area contributed by atoms with Crippen LogP contribution in [0.3, 0.4) is 0 Å².